The summed E-state index contributed by atoms with van der Waals surface area (Å²) in [5.74, 6) is -0.0119. The van der Waals surface area contributed by atoms with E-state index < -0.39 is 5.97 Å². The molecule has 1 rings (SSSR count). The lowest BCUT2D eigenvalue weighted by molar-refractivity contribution is 0.0589. The molecule has 0 radical (unpaired) electrons. The van der Waals surface area contributed by atoms with Crippen molar-refractivity contribution in [3.05, 3.63) is 23.5 Å². The van der Waals surface area contributed by atoms with Gasteiger partial charge in [-0.15, -0.1) is 0 Å². The van der Waals surface area contributed by atoms with Gasteiger partial charge in [0.15, 0.2) is 11.4 Å². The monoisotopic (exact) mass is 225 g/mol. The zero-order valence-corrected chi connectivity index (χ0v) is 10.5. The molecule has 0 fully saturated rings. The van der Waals surface area contributed by atoms with E-state index in [1.54, 1.807) is 12.1 Å². The number of hydrogen-bond acceptors (Lipinski definition) is 4. The molecule has 0 aliphatic carbocycles. The Morgan fingerprint density at radius 2 is 2.00 bits per heavy atom. The third-order valence-corrected chi connectivity index (χ3v) is 1.68. The lowest BCUT2D eigenvalue weighted by atomic mass is 10.3. The number of aromatic nitrogens is 1. The van der Waals surface area contributed by atoms with Crippen molar-refractivity contribution in [3.8, 4) is 5.75 Å². The number of pyridine rings is 1. The summed E-state index contributed by atoms with van der Waals surface area (Å²) in [6.07, 6.45) is 0. The van der Waals surface area contributed by atoms with Crippen LogP contribution >= 0.6 is 0 Å². The Hall–Kier alpha value is -1.58. The van der Waals surface area contributed by atoms with E-state index in [1.165, 1.54) is 7.11 Å². The summed E-state index contributed by atoms with van der Waals surface area (Å²) >= 11 is 0. The smallest absolute Gasteiger partial charge is 0.360 e. The molecule has 4 heteroatoms. The van der Waals surface area contributed by atoms with Gasteiger partial charge in [-0.1, -0.05) is 13.8 Å². The molecule has 0 aliphatic heterocycles. The molecule has 1 aromatic rings. The van der Waals surface area contributed by atoms with Gasteiger partial charge in [0, 0.05) is 5.69 Å². The first-order valence-corrected chi connectivity index (χ1v) is 5.37. The van der Waals surface area contributed by atoms with E-state index in [2.05, 4.69) is 9.72 Å². The number of esters is 1. The molecule has 0 N–H and O–H groups in total. The lowest BCUT2D eigenvalue weighted by Gasteiger charge is -2.07. The maximum atomic E-state index is 11.3. The molecule has 16 heavy (non-hydrogen) atoms. The molecular weight excluding hydrogens is 206 g/mol. The molecule has 0 saturated heterocycles. The van der Waals surface area contributed by atoms with Gasteiger partial charge in [0.25, 0.3) is 0 Å². The maximum absolute atomic E-state index is 11.3. The molecule has 1 aromatic heterocycles. The first-order valence-electron chi connectivity index (χ1n) is 5.37. The summed E-state index contributed by atoms with van der Waals surface area (Å²) in [5, 5.41) is 0. The van der Waals surface area contributed by atoms with Crippen molar-refractivity contribution in [1.82, 2.24) is 4.98 Å². The van der Waals surface area contributed by atoms with Gasteiger partial charge in [0.2, 0.25) is 0 Å². The Labute approximate surface area is 96.6 Å². The Bertz CT molecular complexity index is 337. The lowest BCUT2D eigenvalue weighted by Crippen LogP contribution is -2.08. The van der Waals surface area contributed by atoms with E-state index in [9.17, 15) is 4.79 Å². The highest BCUT2D eigenvalue weighted by atomic mass is 16.5. The maximum Gasteiger partial charge on any atom is 0.360 e. The molecule has 1 heterocycles. The number of ether oxygens (including phenoxy) is 2. The van der Waals surface area contributed by atoms with Crippen molar-refractivity contribution in [3.63, 3.8) is 0 Å². The van der Waals surface area contributed by atoms with Crippen molar-refractivity contribution in [2.24, 2.45) is 0 Å². The van der Waals surface area contributed by atoms with Gasteiger partial charge in [-0.25, -0.2) is 9.78 Å². The topological polar surface area (TPSA) is 48.4 Å². The van der Waals surface area contributed by atoms with Gasteiger partial charge in [0.05, 0.1) is 13.7 Å². The van der Waals surface area contributed by atoms with Crippen molar-refractivity contribution >= 4 is 5.97 Å². The van der Waals surface area contributed by atoms with Gasteiger partial charge in [-0.3, -0.25) is 0 Å². The summed E-state index contributed by atoms with van der Waals surface area (Å²) in [7, 11) is 1.32. The highest BCUT2D eigenvalue weighted by molar-refractivity contribution is 5.90. The second-order valence-corrected chi connectivity index (χ2v) is 2.72. The quantitative estimate of drug-likeness (QED) is 0.742. The molecule has 0 aliphatic rings. The molecule has 0 amide bonds. The molecule has 0 unspecified atom stereocenters. The van der Waals surface area contributed by atoms with Gasteiger partial charge in [0.1, 0.15) is 0 Å². The van der Waals surface area contributed by atoms with Crippen LogP contribution in [0, 0.1) is 6.92 Å². The van der Waals surface area contributed by atoms with E-state index in [0.717, 1.165) is 5.69 Å². The van der Waals surface area contributed by atoms with Gasteiger partial charge in [-0.05, 0) is 26.0 Å². The largest absolute Gasteiger partial charge is 0.491 e. The predicted molar refractivity (Wildman–Crippen MR) is 62.8 cm³/mol. The fraction of sp³-hybridized carbons (Fsp3) is 0.500. The first-order chi connectivity index (χ1) is 7.69. The zero-order chi connectivity index (χ0) is 12.6. The average Bonchev–Trinajstić information content (AvgIpc) is 2.33. The van der Waals surface area contributed by atoms with Crippen LogP contribution in [0.25, 0.3) is 0 Å². The molecule has 0 atom stereocenters. The molecule has 0 saturated carbocycles. The zero-order valence-electron chi connectivity index (χ0n) is 10.5. The normalized spacial score (nSPS) is 8.81. The second-order valence-electron chi connectivity index (χ2n) is 2.72. The van der Waals surface area contributed by atoms with Crippen LogP contribution in [0.4, 0.5) is 0 Å². The Balaban J connectivity index is 0.00000106. The van der Waals surface area contributed by atoms with Crippen LogP contribution in [0.1, 0.15) is 37.0 Å². The summed E-state index contributed by atoms with van der Waals surface area (Å²) in [4.78, 5) is 15.4. The molecule has 90 valence electrons. The number of nitrogens with zero attached hydrogens (tertiary/aromatic N) is 1. The van der Waals surface area contributed by atoms with Crippen molar-refractivity contribution in [2.45, 2.75) is 27.7 Å². The van der Waals surface area contributed by atoms with Gasteiger partial charge < -0.3 is 9.47 Å². The van der Waals surface area contributed by atoms with E-state index in [4.69, 9.17) is 4.74 Å². The minimum atomic E-state index is -0.475. The van der Waals surface area contributed by atoms with Crippen LogP contribution in [0.3, 0.4) is 0 Å². The van der Waals surface area contributed by atoms with E-state index in [0.29, 0.717) is 12.4 Å². The van der Waals surface area contributed by atoms with Crippen LogP contribution in [0.2, 0.25) is 0 Å². The van der Waals surface area contributed by atoms with Crippen LogP contribution < -0.4 is 4.74 Å². The standard InChI is InChI=1S/C10H13NO3.C2H6/c1-4-14-8-6-5-7(2)11-9(8)10(12)13-3;1-2/h5-6H,4H2,1-3H3;1-2H3. The Kier molecular flexibility index (Phi) is 6.92. The minimum Gasteiger partial charge on any atom is -0.491 e. The third-order valence-electron chi connectivity index (χ3n) is 1.68. The van der Waals surface area contributed by atoms with E-state index in [1.807, 2.05) is 27.7 Å². The fourth-order valence-electron chi connectivity index (χ4n) is 1.06. The fourth-order valence-corrected chi connectivity index (χ4v) is 1.06. The number of aryl methyl sites for hydroxylation is 1. The molecule has 0 spiro atoms. The SMILES string of the molecule is CC.CCOc1ccc(C)nc1C(=O)OC. The number of hydrogen-bond donors (Lipinski definition) is 0. The molecule has 0 aromatic carbocycles. The van der Waals surface area contributed by atoms with Crippen LogP contribution in [-0.2, 0) is 4.74 Å². The van der Waals surface area contributed by atoms with E-state index in [-0.39, 0.29) is 5.69 Å². The van der Waals surface area contributed by atoms with Gasteiger partial charge >= 0.3 is 5.97 Å². The van der Waals surface area contributed by atoms with E-state index >= 15 is 0 Å². The average molecular weight is 225 g/mol. The van der Waals surface area contributed by atoms with Crippen molar-refractivity contribution in [2.75, 3.05) is 13.7 Å². The summed E-state index contributed by atoms with van der Waals surface area (Å²) in [6.45, 7) is 8.15. The van der Waals surface area contributed by atoms with Crippen LogP contribution in [-0.4, -0.2) is 24.7 Å². The van der Waals surface area contributed by atoms with Crippen LogP contribution in [0.15, 0.2) is 12.1 Å². The number of methoxy groups -OCH3 is 1. The molecule has 4 nitrogen and oxygen atoms in total. The third kappa shape index (κ3) is 3.88. The van der Waals surface area contributed by atoms with Gasteiger partial charge in [-0.2, -0.15) is 0 Å². The summed E-state index contributed by atoms with van der Waals surface area (Å²) in [6, 6.07) is 3.51. The number of carbonyl (C=O) groups is 1. The number of carbonyl (C=O) groups excluding carboxylic acids is 1. The molecule has 0 bridgehead atoms. The minimum absolute atomic E-state index is 0.231. The Morgan fingerprint density at radius 3 is 2.50 bits per heavy atom. The summed E-state index contributed by atoms with van der Waals surface area (Å²) < 4.78 is 9.85. The summed E-state index contributed by atoms with van der Waals surface area (Å²) in [5.41, 5.74) is 0.989. The van der Waals surface area contributed by atoms with Crippen LogP contribution in [0.5, 0.6) is 5.75 Å². The molecular formula is C12H19NO3. The second kappa shape index (κ2) is 7.68. The first kappa shape index (κ1) is 14.4. The highest BCUT2D eigenvalue weighted by Crippen LogP contribution is 2.17. The number of rotatable bonds is 3. The Morgan fingerprint density at radius 1 is 1.38 bits per heavy atom. The highest BCUT2D eigenvalue weighted by Gasteiger charge is 2.14. The van der Waals surface area contributed by atoms with Crippen molar-refractivity contribution in [1.29, 1.82) is 0 Å². The van der Waals surface area contributed by atoms with Crippen molar-refractivity contribution < 1.29 is 14.3 Å². The predicted octanol–water partition coefficient (Wildman–Crippen LogP) is 2.60.